The number of nitrogens with zero attached hydrogens (tertiary/aromatic N) is 2. The van der Waals surface area contributed by atoms with Crippen molar-refractivity contribution < 1.29 is 8.42 Å². The van der Waals surface area contributed by atoms with E-state index in [4.69, 9.17) is 0 Å². The van der Waals surface area contributed by atoms with E-state index in [0.717, 1.165) is 19.0 Å². The molecule has 128 valence electrons. The van der Waals surface area contributed by atoms with Crippen LogP contribution in [0.15, 0.2) is 4.99 Å². The van der Waals surface area contributed by atoms with E-state index in [1.165, 1.54) is 32.1 Å². The maximum Gasteiger partial charge on any atom is 0.191 e. The average Bonchev–Trinajstić information content (AvgIpc) is 2.50. The summed E-state index contributed by atoms with van der Waals surface area (Å²) in [6, 6.07) is 0.548. The molecule has 0 amide bonds. The van der Waals surface area contributed by atoms with Crippen LogP contribution in [0.4, 0.5) is 0 Å². The zero-order valence-corrected chi connectivity index (χ0v) is 14.5. The zero-order chi connectivity index (χ0) is 15.8. The number of sulfone groups is 1. The highest BCUT2D eigenvalue weighted by Crippen LogP contribution is 2.17. The van der Waals surface area contributed by atoms with E-state index in [1.54, 1.807) is 0 Å². The lowest BCUT2D eigenvalue weighted by atomic mass is 9.96. The van der Waals surface area contributed by atoms with Gasteiger partial charge in [-0.05, 0) is 19.8 Å². The average molecular weight is 330 g/mol. The van der Waals surface area contributed by atoms with Crippen molar-refractivity contribution in [2.45, 2.75) is 45.1 Å². The van der Waals surface area contributed by atoms with Crippen molar-refractivity contribution in [1.29, 1.82) is 0 Å². The van der Waals surface area contributed by atoms with Gasteiger partial charge < -0.3 is 10.6 Å². The van der Waals surface area contributed by atoms with Gasteiger partial charge in [-0.3, -0.25) is 9.89 Å². The second-order valence-corrected chi connectivity index (χ2v) is 8.54. The van der Waals surface area contributed by atoms with E-state index in [9.17, 15) is 8.42 Å². The Morgan fingerprint density at radius 1 is 1.18 bits per heavy atom. The van der Waals surface area contributed by atoms with Gasteiger partial charge in [0.25, 0.3) is 0 Å². The predicted molar refractivity (Wildman–Crippen MR) is 91.1 cm³/mol. The topological polar surface area (TPSA) is 73.8 Å². The van der Waals surface area contributed by atoms with E-state index in [0.29, 0.717) is 25.7 Å². The predicted octanol–water partition coefficient (Wildman–Crippen LogP) is 0.605. The molecule has 0 unspecified atom stereocenters. The number of guanidine groups is 1. The molecule has 6 nitrogen and oxygen atoms in total. The van der Waals surface area contributed by atoms with Crippen LogP contribution < -0.4 is 10.6 Å². The lowest BCUT2D eigenvalue weighted by Gasteiger charge is -2.26. The molecule has 1 saturated heterocycles. The Morgan fingerprint density at radius 2 is 1.86 bits per heavy atom. The highest BCUT2D eigenvalue weighted by atomic mass is 32.2. The van der Waals surface area contributed by atoms with Crippen LogP contribution in [0.2, 0.25) is 0 Å². The summed E-state index contributed by atoms with van der Waals surface area (Å²) in [6.07, 6.45) is 6.42. The molecular weight excluding hydrogens is 300 g/mol. The Bertz CT molecular complexity index is 444. The molecule has 1 aliphatic carbocycles. The van der Waals surface area contributed by atoms with Crippen LogP contribution in [0.5, 0.6) is 0 Å². The van der Waals surface area contributed by atoms with Crippen LogP contribution in [-0.4, -0.2) is 69.5 Å². The molecule has 1 saturated carbocycles. The van der Waals surface area contributed by atoms with Crippen LogP contribution in [0.25, 0.3) is 0 Å². The third kappa shape index (κ3) is 6.12. The van der Waals surface area contributed by atoms with Gasteiger partial charge in [0, 0.05) is 32.2 Å². The summed E-state index contributed by atoms with van der Waals surface area (Å²) >= 11 is 0. The third-order valence-corrected chi connectivity index (χ3v) is 6.02. The molecule has 2 N–H and O–H groups in total. The summed E-state index contributed by atoms with van der Waals surface area (Å²) in [5.74, 6) is 1.48. The number of rotatable bonds is 5. The van der Waals surface area contributed by atoms with E-state index in [-0.39, 0.29) is 11.5 Å². The van der Waals surface area contributed by atoms with Gasteiger partial charge in [-0.2, -0.15) is 0 Å². The molecule has 0 radical (unpaired) electrons. The lowest BCUT2D eigenvalue weighted by Crippen LogP contribution is -2.45. The van der Waals surface area contributed by atoms with E-state index in [1.807, 2.05) is 0 Å². The summed E-state index contributed by atoms with van der Waals surface area (Å²) in [6.45, 7) is 5.77. The summed E-state index contributed by atoms with van der Waals surface area (Å²) in [5, 5.41) is 6.84. The summed E-state index contributed by atoms with van der Waals surface area (Å²) in [4.78, 5) is 6.83. The molecule has 0 aromatic carbocycles. The molecule has 1 aliphatic heterocycles. The summed E-state index contributed by atoms with van der Waals surface area (Å²) in [5.41, 5.74) is 0. The Kier molecular flexibility index (Phi) is 6.95. The minimum Gasteiger partial charge on any atom is -0.357 e. The second-order valence-electron chi connectivity index (χ2n) is 6.23. The molecule has 0 atom stereocenters. The van der Waals surface area contributed by atoms with Gasteiger partial charge in [0.15, 0.2) is 15.8 Å². The van der Waals surface area contributed by atoms with Crippen LogP contribution >= 0.6 is 0 Å². The molecule has 7 heteroatoms. The van der Waals surface area contributed by atoms with Crippen molar-refractivity contribution in [2.75, 3.05) is 44.2 Å². The Morgan fingerprint density at radius 3 is 2.50 bits per heavy atom. The molecule has 1 heterocycles. The first-order valence-electron chi connectivity index (χ1n) is 8.57. The van der Waals surface area contributed by atoms with Gasteiger partial charge in [0.05, 0.1) is 18.1 Å². The van der Waals surface area contributed by atoms with Crippen molar-refractivity contribution >= 4 is 15.8 Å². The molecule has 0 aromatic heterocycles. The molecule has 2 fully saturated rings. The number of hydrogen-bond acceptors (Lipinski definition) is 4. The molecular formula is C15H30N4O2S. The molecule has 2 rings (SSSR count). The minimum atomic E-state index is -2.79. The van der Waals surface area contributed by atoms with Gasteiger partial charge >= 0.3 is 0 Å². The first kappa shape index (κ1) is 17.5. The molecule has 0 bridgehead atoms. The lowest BCUT2D eigenvalue weighted by molar-refractivity contribution is 0.304. The first-order chi connectivity index (χ1) is 10.6. The molecule has 2 aliphatic rings. The number of hydrogen-bond donors (Lipinski definition) is 2. The maximum absolute atomic E-state index is 11.4. The molecule has 0 spiro atoms. The summed E-state index contributed by atoms with van der Waals surface area (Å²) < 4.78 is 22.8. The normalized spacial score (nSPS) is 24.1. The van der Waals surface area contributed by atoms with Crippen molar-refractivity contribution in [3.8, 4) is 0 Å². The standard InChI is InChI=1S/C15H30N4O2S/c1-2-16-15(18-14-6-4-3-5-7-14)17-8-9-19-10-12-22(20,21)13-11-19/h14H,2-13H2,1H3,(H2,16,17,18). The van der Waals surface area contributed by atoms with Crippen LogP contribution in [0, 0.1) is 0 Å². The SMILES string of the molecule is CCNC(=NCCN1CCS(=O)(=O)CC1)NC1CCCCC1. The van der Waals surface area contributed by atoms with Crippen molar-refractivity contribution in [2.24, 2.45) is 4.99 Å². The molecule has 0 aromatic rings. The fourth-order valence-electron chi connectivity index (χ4n) is 3.04. The van der Waals surface area contributed by atoms with Crippen LogP contribution in [0.1, 0.15) is 39.0 Å². The zero-order valence-electron chi connectivity index (χ0n) is 13.7. The smallest absolute Gasteiger partial charge is 0.191 e. The third-order valence-electron chi connectivity index (χ3n) is 4.41. The van der Waals surface area contributed by atoms with E-state index in [2.05, 4.69) is 27.4 Å². The highest BCUT2D eigenvalue weighted by molar-refractivity contribution is 7.91. The van der Waals surface area contributed by atoms with Crippen molar-refractivity contribution in [3.05, 3.63) is 0 Å². The van der Waals surface area contributed by atoms with Gasteiger partial charge in [-0.25, -0.2) is 8.42 Å². The van der Waals surface area contributed by atoms with Crippen molar-refractivity contribution in [3.63, 3.8) is 0 Å². The largest absolute Gasteiger partial charge is 0.357 e. The van der Waals surface area contributed by atoms with Gasteiger partial charge in [-0.1, -0.05) is 19.3 Å². The fourth-order valence-corrected chi connectivity index (χ4v) is 4.31. The Balaban J connectivity index is 1.74. The van der Waals surface area contributed by atoms with Crippen LogP contribution in [-0.2, 0) is 9.84 Å². The quantitative estimate of drug-likeness (QED) is 0.571. The Hall–Kier alpha value is -0.820. The second kappa shape index (κ2) is 8.72. The number of aliphatic imine (C=N–C) groups is 1. The summed E-state index contributed by atoms with van der Waals surface area (Å²) in [7, 11) is -2.79. The maximum atomic E-state index is 11.4. The number of nitrogens with one attached hydrogen (secondary N) is 2. The Labute approximate surface area is 134 Å². The first-order valence-corrected chi connectivity index (χ1v) is 10.4. The van der Waals surface area contributed by atoms with Gasteiger partial charge in [0.1, 0.15) is 0 Å². The monoisotopic (exact) mass is 330 g/mol. The van der Waals surface area contributed by atoms with Gasteiger partial charge in [0.2, 0.25) is 0 Å². The minimum absolute atomic E-state index is 0.289. The highest BCUT2D eigenvalue weighted by Gasteiger charge is 2.21. The molecule has 22 heavy (non-hydrogen) atoms. The van der Waals surface area contributed by atoms with Crippen LogP contribution in [0.3, 0.4) is 0 Å². The van der Waals surface area contributed by atoms with E-state index < -0.39 is 9.84 Å². The van der Waals surface area contributed by atoms with E-state index >= 15 is 0 Å². The van der Waals surface area contributed by atoms with Gasteiger partial charge in [-0.15, -0.1) is 0 Å². The fraction of sp³-hybridized carbons (Fsp3) is 0.933. The van der Waals surface area contributed by atoms with Crippen molar-refractivity contribution in [1.82, 2.24) is 15.5 Å².